The van der Waals surface area contributed by atoms with Gasteiger partial charge < -0.3 is 5.32 Å². The SMILES string of the molecule is CCN1C(=O)CC(NC2CCC(C)CC2C)C1=O. The summed E-state index contributed by atoms with van der Waals surface area (Å²) in [6.45, 7) is 6.87. The number of hydrogen-bond acceptors (Lipinski definition) is 3. The minimum absolute atomic E-state index is 0.0307. The van der Waals surface area contributed by atoms with Crippen LogP contribution in [0.25, 0.3) is 0 Å². The molecule has 1 heterocycles. The van der Waals surface area contributed by atoms with Gasteiger partial charge in [-0.25, -0.2) is 0 Å². The van der Waals surface area contributed by atoms with Crippen molar-refractivity contribution in [2.75, 3.05) is 6.54 Å². The maximum Gasteiger partial charge on any atom is 0.246 e. The molecule has 1 N–H and O–H groups in total. The van der Waals surface area contributed by atoms with Crippen molar-refractivity contribution in [3.8, 4) is 0 Å². The van der Waals surface area contributed by atoms with E-state index in [1.54, 1.807) is 0 Å². The van der Waals surface area contributed by atoms with E-state index in [0.29, 0.717) is 24.9 Å². The van der Waals surface area contributed by atoms with Crippen molar-refractivity contribution in [2.45, 2.75) is 58.5 Å². The Bertz CT molecular complexity index is 343. The Morgan fingerprint density at radius 1 is 1.28 bits per heavy atom. The number of imide groups is 1. The van der Waals surface area contributed by atoms with Gasteiger partial charge in [0.2, 0.25) is 11.8 Å². The summed E-state index contributed by atoms with van der Waals surface area (Å²) in [5, 5.41) is 3.42. The maximum atomic E-state index is 12.0. The first-order valence-electron chi connectivity index (χ1n) is 7.13. The molecule has 0 spiro atoms. The van der Waals surface area contributed by atoms with Crippen LogP contribution in [0.4, 0.5) is 0 Å². The molecule has 0 radical (unpaired) electrons. The van der Waals surface area contributed by atoms with E-state index < -0.39 is 0 Å². The zero-order chi connectivity index (χ0) is 13.3. The van der Waals surface area contributed by atoms with Gasteiger partial charge in [0, 0.05) is 12.6 Å². The highest BCUT2D eigenvalue weighted by molar-refractivity contribution is 6.05. The highest BCUT2D eigenvalue weighted by Crippen LogP contribution is 2.29. The number of carbonyl (C=O) groups excluding carboxylic acids is 2. The average Bonchev–Trinajstić information content (AvgIpc) is 2.58. The molecule has 0 aromatic carbocycles. The van der Waals surface area contributed by atoms with Crippen LogP contribution in [-0.4, -0.2) is 35.3 Å². The fourth-order valence-corrected chi connectivity index (χ4v) is 3.32. The lowest BCUT2D eigenvalue weighted by Crippen LogP contribution is -2.48. The number of likely N-dealkylation sites (N-methyl/N-ethyl adjacent to an activating group) is 1. The lowest BCUT2D eigenvalue weighted by molar-refractivity contribution is -0.138. The first kappa shape index (κ1) is 13.5. The molecule has 2 fully saturated rings. The minimum atomic E-state index is -0.279. The van der Waals surface area contributed by atoms with Gasteiger partial charge in [0.05, 0.1) is 12.5 Å². The summed E-state index contributed by atoms with van der Waals surface area (Å²) in [7, 11) is 0. The molecule has 4 unspecified atom stereocenters. The van der Waals surface area contributed by atoms with Gasteiger partial charge in [0.15, 0.2) is 0 Å². The van der Waals surface area contributed by atoms with Crippen LogP contribution >= 0.6 is 0 Å². The van der Waals surface area contributed by atoms with Crippen LogP contribution in [0.15, 0.2) is 0 Å². The summed E-state index contributed by atoms with van der Waals surface area (Å²) in [6.07, 6.45) is 3.89. The monoisotopic (exact) mass is 252 g/mol. The molecule has 0 bridgehead atoms. The number of likely N-dealkylation sites (tertiary alicyclic amines) is 1. The van der Waals surface area contributed by atoms with Crippen LogP contribution in [0.2, 0.25) is 0 Å². The predicted octanol–water partition coefficient (Wildman–Crippen LogP) is 1.55. The van der Waals surface area contributed by atoms with Gasteiger partial charge >= 0.3 is 0 Å². The van der Waals surface area contributed by atoms with Crippen molar-refractivity contribution in [2.24, 2.45) is 11.8 Å². The number of hydrogen-bond donors (Lipinski definition) is 1. The summed E-state index contributed by atoms with van der Waals surface area (Å²) >= 11 is 0. The quantitative estimate of drug-likeness (QED) is 0.775. The molecule has 2 amide bonds. The lowest BCUT2D eigenvalue weighted by Gasteiger charge is -2.34. The Kier molecular flexibility index (Phi) is 4.05. The fourth-order valence-electron chi connectivity index (χ4n) is 3.32. The van der Waals surface area contributed by atoms with Crippen molar-refractivity contribution in [3.05, 3.63) is 0 Å². The van der Waals surface area contributed by atoms with Gasteiger partial charge in [-0.05, 0) is 38.0 Å². The van der Waals surface area contributed by atoms with Crippen LogP contribution in [0, 0.1) is 11.8 Å². The molecule has 102 valence electrons. The third-order valence-corrected chi connectivity index (χ3v) is 4.41. The van der Waals surface area contributed by atoms with Gasteiger partial charge in [-0.2, -0.15) is 0 Å². The summed E-state index contributed by atoms with van der Waals surface area (Å²) in [5.74, 6) is 1.31. The first-order chi connectivity index (χ1) is 8.52. The van der Waals surface area contributed by atoms with Crippen molar-refractivity contribution in [3.63, 3.8) is 0 Å². The Morgan fingerprint density at radius 3 is 2.56 bits per heavy atom. The Morgan fingerprint density at radius 2 is 2.00 bits per heavy atom. The van der Waals surface area contributed by atoms with Crippen LogP contribution < -0.4 is 5.32 Å². The molecule has 1 saturated heterocycles. The van der Waals surface area contributed by atoms with Gasteiger partial charge in [-0.3, -0.25) is 14.5 Å². The Balaban J connectivity index is 1.94. The Labute approximate surface area is 109 Å². The number of nitrogens with zero attached hydrogens (tertiary/aromatic N) is 1. The molecule has 1 saturated carbocycles. The van der Waals surface area contributed by atoms with Crippen LogP contribution in [0.1, 0.15) is 46.5 Å². The van der Waals surface area contributed by atoms with Crippen LogP contribution in [0.3, 0.4) is 0 Å². The van der Waals surface area contributed by atoms with Gasteiger partial charge in [-0.15, -0.1) is 0 Å². The molecule has 0 aromatic heterocycles. The van der Waals surface area contributed by atoms with Gasteiger partial charge in [0.1, 0.15) is 0 Å². The highest BCUT2D eigenvalue weighted by Gasteiger charge is 2.39. The standard InChI is InChI=1S/C14H24N2O2/c1-4-16-13(17)8-12(14(16)18)15-11-6-5-9(2)7-10(11)3/h9-12,15H,4-8H2,1-3H3. The molecule has 1 aliphatic carbocycles. The summed E-state index contributed by atoms with van der Waals surface area (Å²) in [5.41, 5.74) is 0. The summed E-state index contributed by atoms with van der Waals surface area (Å²) in [4.78, 5) is 25.1. The molecular formula is C14H24N2O2. The maximum absolute atomic E-state index is 12.0. The van der Waals surface area contributed by atoms with Crippen molar-refractivity contribution < 1.29 is 9.59 Å². The normalized spacial score (nSPS) is 37.4. The molecule has 4 atom stereocenters. The van der Waals surface area contributed by atoms with Gasteiger partial charge in [0.25, 0.3) is 0 Å². The molecule has 18 heavy (non-hydrogen) atoms. The fraction of sp³-hybridized carbons (Fsp3) is 0.857. The summed E-state index contributed by atoms with van der Waals surface area (Å²) in [6, 6.07) is 0.109. The second-order valence-corrected chi connectivity index (χ2v) is 5.90. The minimum Gasteiger partial charge on any atom is -0.302 e. The molecular weight excluding hydrogens is 228 g/mol. The number of amides is 2. The zero-order valence-electron chi connectivity index (χ0n) is 11.6. The number of nitrogens with one attached hydrogen (secondary N) is 1. The topological polar surface area (TPSA) is 49.4 Å². The summed E-state index contributed by atoms with van der Waals surface area (Å²) < 4.78 is 0. The third-order valence-electron chi connectivity index (χ3n) is 4.41. The second kappa shape index (κ2) is 5.39. The van der Waals surface area contributed by atoms with E-state index in [4.69, 9.17) is 0 Å². The van der Waals surface area contributed by atoms with Crippen LogP contribution in [-0.2, 0) is 9.59 Å². The second-order valence-electron chi connectivity index (χ2n) is 5.90. The molecule has 2 rings (SSSR count). The van der Waals surface area contributed by atoms with E-state index in [1.807, 2.05) is 6.92 Å². The van der Waals surface area contributed by atoms with Crippen molar-refractivity contribution in [1.82, 2.24) is 10.2 Å². The van der Waals surface area contributed by atoms with Crippen molar-refractivity contribution >= 4 is 11.8 Å². The van der Waals surface area contributed by atoms with Crippen molar-refractivity contribution in [1.29, 1.82) is 0 Å². The largest absolute Gasteiger partial charge is 0.302 e. The number of rotatable bonds is 3. The van der Waals surface area contributed by atoms with E-state index in [0.717, 1.165) is 12.3 Å². The van der Waals surface area contributed by atoms with Crippen LogP contribution in [0.5, 0.6) is 0 Å². The molecule has 0 aromatic rings. The zero-order valence-corrected chi connectivity index (χ0v) is 11.6. The highest BCUT2D eigenvalue weighted by atomic mass is 16.2. The smallest absolute Gasteiger partial charge is 0.246 e. The van der Waals surface area contributed by atoms with E-state index in [1.165, 1.54) is 17.7 Å². The molecule has 2 aliphatic rings. The first-order valence-corrected chi connectivity index (χ1v) is 7.13. The van der Waals surface area contributed by atoms with E-state index in [-0.39, 0.29) is 17.9 Å². The molecule has 1 aliphatic heterocycles. The lowest BCUT2D eigenvalue weighted by atomic mass is 9.79. The van der Waals surface area contributed by atoms with E-state index >= 15 is 0 Å². The number of carbonyl (C=O) groups is 2. The average molecular weight is 252 g/mol. The van der Waals surface area contributed by atoms with E-state index in [9.17, 15) is 9.59 Å². The van der Waals surface area contributed by atoms with E-state index in [2.05, 4.69) is 19.2 Å². The third kappa shape index (κ3) is 2.58. The molecule has 4 heteroatoms. The Hall–Kier alpha value is -0.900. The predicted molar refractivity (Wildman–Crippen MR) is 69.9 cm³/mol. The molecule has 4 nitrogen and oxygen atoms in total. The van der Waals surface area contributed by atoms with Gasteiger partial charge in [-0.1, -0.05) is 13.8 Å².